The van der Waals surface area contributed by atoms with Crippen molar-refractivity contribution in [2.45, 2.75) is 0 Å². The maximum absolute atomic E-state index is 6.81. The Morgan fingerprint density at radius 3 is 1.63 bits per heavy atom. The Kier molecular flexibility index (Phi) is 6.17. The van der Waals surface area contributed by atoms with Crippen LogP contribution in [0.15, 0.2) is 180 Å². The first kappa shape index (κ1) is 26.3. The van der Waals surface area contributed by atoms with E-state index in [-0.39, 0.29) is 0 Å². The van der Waals surface area contributed by atoms with Crippen molar-refractivity contribution in [3.63, 3.8) is 0 Å². The number of nitrogens with zero attached hydrogens (tertiary/aromatic N) is 1. The van der Waals surface area contributed by atoms with Crippen LogP contribution in [0.5, 0.6) is 0 Å². The highest BCUT2D eigenvalue weighted by Gasteiger charge is 2.20. The third-order valence-corrected chi connectivity index (χ3v) is 9.05. The molecule has 1 aromatic heterocycles. The Morgan fingerprint density at radius 1 is 0.326 bits per heavy atom. The van der Waals surface area contributed by atoms with Crippen LogP contribution in [0.1, 0.15) is 0 Å². The lowest BCUT2D eigenvalue weighted by atomic mass is 10.0. The van der Waals surface area contributed by atoms with E-state index in [4.69, 9.17) is 4.42 Å². The topological polar surface area (TPSA) is 16.4 Å². The van der Waals surface area contributed by atoms with Crippen LogP contribution in [-0.2, 0) is 0 Å². The molecule has 0 aliphatic heterocycles. The molecule has 0 unspecified atom stereocenters. The van der Waals surface area contributed by atoms with Crippen molar-refractivity contribution in [3.05, 3.63) is 176 Å². The molecule has 1 heterocycles. The first-order chi connectivity index (χ1) is 22.8. The molecule has 0 aliphatic carbocycles. The summed E-state index contributed by atoms with van der Waals surface area (Å²) in [6.45, 7) is 0. The van der Waals surface area contributed by atoms with Crippen LogP contribution in [0.4, 0.5) is 17.1 Å². The maximum atomic E-state index is 6.81. The number of benzene rings is 8. The van der Waals surface area contributed by atoms with Crippen LogP contribution < -0.4 is 4.90 Å². The lowest BCUT2D eigenvalue weighted by molar-refractivity contribution is 0.673. The van der Waals surface area contributed by atoms with E-state index < -0.39 is 0 Å². The van der Waals surface area contributed by atoms with Gasteiger partial charge in [-0.1, -0.05) is 133 Å². The van der Waals surface area contributed by atoms with E-state index in [1.807, 2.05) is 0 Å². The molecule has 0 saturated carbocycles. The van der Waals surface area contributed by atoms with Gasteiger partial charge in [-0.05, 0) is 80.9 Å². The summed E-state index contributed by atoms with van der Waals surface area (Å²) < 4.78 is 6.81. The summed E-state index contributed by atoms with van der Waals surface area (Å²) in [6, 6.07) is 62.7. The van der Waals surface area contributed by atoms with Gasteiger partial charge in [0.15, 0.2) is 5.58 Å². The molecule has 9 aromatic rings. The molecule has 0 amide bonds. The van der Waals surface area contributed by atoms with E-state index in [9.17, 15) is 0 Å². The van der Waals surface area contributed by atoms with Gasteiger partial charge in [-0.25, -0.2) is 0 Å². The van der Waals surface area contributed by atoms with Crippen LogP contribution in [0.2, 0.25) is 0 Å². The summed E-state index contributed by atoms with van der Waals surface area (Å²) in [4.78, 5) is 2.31. The number of anilines is 3. The van der Waals surface area contributed by atoms with Crippen LogP contribution in [0, 0.1) is 0 Å². The van der Waals surface area contributed by atoms with Gasteiger partial charge in [0, 0.05) is 27.5 Å². The van der Waals surface area contributed by atoms with Gasteiger partial charge in [0.2, 0.25) is 0 Å². The summed E-state index contributed by atoms with van der Waals surface area (Å²) in [5.41, 5.74) is 9.70. The zero-order valence-corrected chi connectivity index (χ0v) is 25.1. The van der Waals surface area contributed by atoms with Crippen molar-refractivity contribution in [1.82, 2.24) is 0 Å². The molecule has 0 radical (unpaired) electrons. The Morgan fingerprint density at radius 2 is 0.870 bits per heavy atom. The molecule has 0 aliphatic rings. The lowest BCUT2D eigenvalue weighted by Gasteiger charge is -2.26. The van der Waals surface area contributed by atoms with Gasteiger partial charge in [0.1, 0.15) is 5.58 Å². The predicted molar refractivity (Wildman–Crippen MR) is 194 cm³/mol. The number of para-hydroxylation sites is 1. The van der Waals surface area contributed by atoms with Gasteiger partial charge in [0.25, 0.3) is 0 Å². The first-order valence-electron chi connectivity index (χ1n) is 15.7. The molecule has 2 heteroatoms. The zero-order chi connectivity index (χ0) is 30.5. The highest BCUT2D eigenvalue weighted by atomic mass is 16.3. The minimum absolute atomic E-state index is 0.875. The van der Waals surface area contributed by atoms with Gasteiger partial charge in [-0.15, -0.1) is 0 Å². The second-order valence-corrected chi connectivity index (χ2v) is 11.8. The summed E-state index contributed by atoms with van der Waals surface area (Å²) in [5.74, 6) is 0. The monoisotopic (exact) mass is 587 g/mol. The summed E-state index contributed by atoms with van der Waals surface area (Å²) in [6.07, 6.45) is 0. The number of fused-ring (bicyclic) bond motifs is 6. The third-order valence-electron chi connectivity index (χ3n) is 9.05. The molecule has 0 saturated heterocycles. The van der Waals surface area contributed by atoms with E-state index in [1.165, 1.54) is 38.4 Å². The Labute approximate surface area is 267 Å². The molecule has 0 fully saturated rings. The Bertz CT molecular complexity index is 2510. The number of hydrogen-bond acceptors (Lipinski definition) is 2. The fourth-order valence-corrected chi connectivity index (χ4v) is 6.72. The van der Waals surface area contributed by atoms with Crippen LogP contribution in [-0.4, -0.2) is 0 Å². The summed E-state index contributed by atoms with van der Waals surface area (Å²) in [5, 5.41) is 7.03. The Hall–Kier alpha value is -6.12. The summed E-state index contributed by atoms with van der Waals surface area (Å²) in [7, 11) is 0. The molecule has 0 spiro atoms. The average molecular weight is 588 g/mol. The van der Waals surface area contributed by atoms with Crippen LogP contribution in [0.3, 0.4) is 0 Å². The molecule has 216 valence electrons. The van der Waals surface area contributed by atoms with Gasteiger partial charge in [0.05, 0.1) is 5.69 Å². The van der Waals surface area contributed by atoms with Crippen molar-refractivity contribution in [1.29, 1.82) is 0 Å². The minimum Gasteiger partial charge on any atom is -0.453 e. The molecule has 2 nitrogen and oxygen atoms in total. The van der Waals surface area contributed by atoms with Crippen molar-refractivity contribution in [3.8, 4) is 22.3 Å². The number of hydrogen-bond donors (Lipinski definition) is 0. The molecule has 8 aromatic carbocycles. The van der Waals surface area contributed by atoms with Crippen LogP contribution >= 0.6 is 0 Å². The second kappa shape index (κ2) is 10.8. The average Bonchev–Trinajstić information content (AvgIpc) is 3.53. The first-order valence-corrected chi connectivity index (χ1v) is 15.7. The molecule has 0 bridgehead atoms. The quantitative estimate of drug-likeness (QED) is 0.199. The Balaban J connectivity index is 1.21. The molecular weight excluding hydrogens is 558 g/mol. The summed E-state index contributed by atoms with van der Waals surface area (Å²) >= 11 is 0. The van der Waals surface area contributed by atoms with Crippen molar-refractivity contribution in [2.75, 3.05) is 4.90 Å². The highest BCUT2D eigenvalue weighted by Crippen LogP contribution is 2.44. The fourth-order valence-electron chi connectivity index (χ4n) is 6.72. The maximum Gasteiger partial charge on any atom is 0.159 e. The zero-order valence-electron chi connectivity index (χ0n) is 25.1. The largest absolute Gasteiger partial charge is 0.453 e. The van der Waals surface area contributed by atoms with Gasteiger partial charge in [-0.2, -0.15) is 0 Å². The van der Waals surface area contributed by atoms with Gasteiger partial charge >= 0.3 is 0 Å². The molecule has 46 heavy (non-hydrogen) atoms. The van der Waals surface area contributed by atoms with E-state index >= 15 is 0 Å². The normalized spacial score (nSPS) is 11.5. The second-order valence-electron chi connectivity index (χ2n) is 11.8. The smallest absolute Gasteiger partial charge is 0.159 e. The molecular formula is C44H29NO. The van der Waals surface area contributed by atoms with E-state index in [0.29, 0.717) is 0 Å². The number of furan rings is 1. The standard InChI is InChI=1S/C44H29NO/c1-2-9-30(10-3-1)32-19-24-37(25-20-32)45(38-26-21-33(22-27-38)36-18-17-31-11-4-5-13-35(31)29-36)42-16-8-15-40-41-28-23-34-12-6-7-14-39(34)43(41)46-44(40)42/h1-29H. The highest BCUT2D eigenvalue weighted by molar-refractivity contribution is 6.17. The van der Waals surface area contributed by atoms with Crippen molar-refractivity contribution >= 4 is 60.5 Å². The van der Waals surface area contributed by atoms with Crippen molar-refractivity contribution < 1.29 is 4.42 Å². The SMILES string of the molecule is c1ccc(-c2ccc(N(c3ccc(-c4ccc5ccccc5c4)cc3)c3cccc4c3oc3c5ccccc5ccc43)cc2)cc1. The van der Waals surface area contributed by atoms with E-state index in [0.717, 1.165) is 44.4 Å². The molecule has 0 atom stereocenters. The minimum atomic E-state index is 0.875. The van der Waals surface area contributed by atoms with E-state index in [2.05, 4.69) is 181 Å². The predicted octanol–water partition coefficient (Wildman–Crippen LogP) is 12.7. The van der Waals surface area contributed by atoms with E-state index in [1.54, 1.807) is 0 Å². The fraction of sp³-hybridized carbons (Fsp3) is 0. The van der Waals surface area contributed by atoms with Crippen molar-refractivity contribution in [2.24, 2.45) is 0 Å². The van der Waals surface area contributed by atoms with Gasteiger partial charge in [-0.3, -0.25) is 0 Å². The number of rotatable bonds is 5. The molecule has 9 rings (SSSR count). The third kappa shape index (κ3) is 4.43. The lowest BCUT2D eigenvalue weighted by Crippen LogP contribution is -2.10. The molecule has 0 N–H and O–H groups in total. The van der Waals surface area contributed by atoms with Crippen LogP contribution in [0.25, 0.3) is 65.7 Å². The van der Waals surface area contributed by atoms with Gasteiger partial charge < -0.3 is 9.32 Å².